The van der Waals surface area contributed by atoms with E-state index in [2.05, 4.69) is 5.32 Å². The van der Waals surface area contributed by atoms with E-state index >= 15 is 0 Å². The summed E-state index contributed by atoms with van der Waals surface area (Å²) in [4.78, 5) is 26.4. The number of nitrogens with one attached hydrogen (secondary N) is 1. The fraction of sp³-hybridized carbons (Fsp3) is 0.125. The zero-order valence-electron chi connectivity index (χ0n) is 11.8. The molecule has 0 bridgehead atoms. The molecule has 2 aromatic rings. The van der Waals surface area contributed by atoms with Crippen LogP contribution in [0.2, 0.25) is 4.34 Å². The molecular weight excluding hydrogens is 320 g/mol. The van der Waals surface area contributed by atoms with Crippen molar-refractivity contribution in [3.63, 3.8) is 0 Å². The van der Waals surface area contributed by atoms with Gasteiger partial charge in [-0.15, -0.1) is 11.3 Å². The van der Waals surface area contributed by atoms with Crippen molar-refractivity contribution in [2.75, 3.05) is 0 Å². The van der Waals surface area contributed by atoms with Gasteiger partial charge in [-0.1, -0.05) is 41.4 Å². The van der Waals surface area contributed by atoms with Gasteiger partial charge in [-0.3, -0.25) is 9.69 Å². The molecule has 0 radical (unpaired) electrons. The maximum Gasteiger partial charge on any atom is 0.329 e. The second kappa shape index (κ2) is 5.94. The molecule has 112 valence electrons. The number of carbonyl (C=O) groups excluding carboxylic acids is 2. The number of rotatable bonds is 3. The van der Waals surface area contributed by atoms with Crippen molar-refractivity contribution in [3.05, 3.63) is 62.4 Å². The van der Waals surface area contributed by atoms with Gasteiger partial charge in [0.05, 0.1) is 10.9 Å². The molecule has 3 amide bonds. The minimum absolute atomic E-state index is 0.257. The van der Waals surface area contributed by atoms with Crippen molar-refractivity contribution in [2.45, 2.75) is 13.5 Å². The van der Waals surface area contributed by atoms with Crippen LogP contribution < -0.4 is 5.32 Å². The third-order valence-corrected chi connectivity index (χ3v) is 4.48. The number of urea groups is 1. The molecule has 2 heterocycles. The number of nitrogens with zero attached hydrogens (tertiary/aromatic N) is 1. The van der Waals surface area contributed by atoms with E-state index in [1.54, 1.807) is 12.1 Å². The Bertz CT molecular complexity index is 765. The molecule has 3 rings (SSSR count). The molecule has 1 aromatic heterocycles. The van der Waals surface area contributed by atoms with Crippen LogP contribution in [-0.2, 0) is 11.3 Å². The predicted molar refractivity (Wildman–Crippen MR) is 87.6 cm³/mol. The quantitative estimate of drug-likeness (QED) is 0.686. The monoisotopic (exact) mass is 332 g/mol. The molecule has 0 aliphatic carbocycles. The van der Waals surface area contributed by atoms with Crippen molar-refractivity contribution < 1.29 is 9.59 Å². The van der Waals surface area contributed by atoms with Gasteiger partial charge < -0.3 is 5.32 Å². The van der Waals surface area contributed by atoms with Gasteiger partial charge in [-0.2, -0.15) is 0 Å². The van der Waals surface area contributed by atoms with E-state index in [1.165, 1.54) is 16.2 Å². The summed E-state index contributed by atoms with van der Waals surface area (Å²) in [6.45, 7) is 2.25. The molecule has 1 N–H and O–H groups in total. The third-order valence-electron chi connectivity index (χ3n) is 3.30. The minimum Gasteiger partial charge on any atom is -0.303 e. The number of hydrogen-bond donors (Lipinski definition) is 1. The molecule has 0 unspecified atom stereocenters. The highest BCUT2D eigenvalue weighted by molar-refractivity contribution is 7.17. The molecular formula is C16H13ClN2O2S. The Morgan fingerprint density at radius 3 is 2.55 bits per heavy atom. The first-order chi connectivity index (χ1) is 10.5. The van der Waals surface area contributed by atoms with E-state index in [4.69, 9.17) is 11.6 Å². The molecule has 0 atom stereocenters. The number of halogens is 1. The minimum atomic E-state index is -0.403. The first kappa shape index (κ1) is 14.8. The van der Waals surface area contributed by atoms with Gasteiger partial charge in [0, 0.05) is 4.88 Å². The normalized spacial score (nSPS) is 16.5. The number of benzene rings is 1. The fourth-order valence-corrected chi connectivity index (χ4v) is 3.14. The summed E-state index contributed by atoms with van der Waals surface area (Å²) in [5.74, 6) is -0.324. The number of carbonyl (C=O) groups is 2. The molecule has 1 aromatic carbocycles. The van der Waals surface area contributed by atoms with Crippen LogP contribution in [0, 0.1) is 6.92 Å². The highest BCUT2D eigenvalue weighted by atomic mass is 35.5. The maximum atomic E-state index is 12.3. The Hall–Kier alpha value is -2.11. The number of amides is 3. The average molecular weight is 333 g/mol. The summed E-state index contributed by atoms with van der Waals surface area (Å²) in [5.41, 5.74) is 2.32. The van der Waals surface area contributed by atoms with E-state index in [-0.39, 0.29) is 18.1 Å². The second-order valence-electron chi connectivity index (χ2n) is 5.01. The van der Waals surface area contributed by atoms with Crippen LogP contribution in [0.1, 0.15) is 16.0 Å². The van der Waals surface area contributed by atoms with Gasteiger partial charge in [0.25, 0.3) is 5.91 Å². The van der Waals surface area contributed by atoms with Gasteiger partial charge >= 0.3 is 6.03 Å². The molecule has 4 nitrogen and oxygen atoms in total. The lowest BCUT2D eigenvalue weighted by atomic mass is 10.1. The summed E-state index contributed by atoms with van der Waals surface area (Å²) in [6, 6.07) is 10.9. The molecule has 0 saturated carbocycles. The summed E-state index contributed by atoms with van der Waals surface area (Å²) >= 11 is 7.22. The number of hydrogen-bond acceptors (Lipinski definition) is 3. The van der Waals surface area contributed by atoms with E-state index in [0.29, 0.717) is 4.34 Å². The van der Waals surface area contributed by atoms with E-state index in [9.17, 15) is 9.59 Å². The van der Waals surface area contributed by atoms with Gasteiger partial charge in [0.1, 0.15) is 5.70 Å². The Morgan fingerprint density at radius 2 is 1.91 bits per heavy atom. The smallest absolute Gasteiger partial charge is 0.303 e. The number of aryl methyl sites for hydroxylation is 1. The van der Waals surface area contributed by atoms with Crippen molar-refractivity contribution in [2.24, 2.45) is 0 Å². The average Bonchev–Trinajstić information content (AvgIpc) is 3.00. The van der Waals surface area contributed by atoms with E-state index < -0.39 is 6.03 Å². The zero-order chi connectivity index (χ0) is 15.7. The largest absolute Gasteiger partial charge is 0.329 e. The fourth-order valence-electron chi connectivity index (χ4n) is 2.14. The number of imide groups is 1. The van der Waals surface area contributed by atoms with Crippen LogP contribution in [0.3, 0.4) is 0 Å². The first-order valence-electron chi connectivity index (χ1n) is 6.68. The molecule has 1 fully saturated rings. The lowest BCUT2D eigenvalue weighted by Crippen LogP contribution is -2.30. The highest BCUT2D eigenvalue weighted by Crippen LogP contribution is 2.25. The molecule has 22 heavy (non-hydrogen) atoms. The van der Waals surface area contributed by atoms with Gasteiger partial charge in [-0.25, -0.2) is 4.79 Å². The van der Waals surface area contributed by atoms with Crippen LogP contribution in [-0.4, -0.2) is 16.8 Å². The highest BCUT2D eigenvalue weighted by Gasteiger charge is 2.33. The molecule has 6 heteroatoms. The Balaban J connectivity index is 1.79. The molecule has 1 saturated heterocycles. The standard InChI is InChI=1S/C16H13ClN2O2S/c1-10-2-4-11(5-3-10)9-19-15(20)13(18-16(19)21)8-12-6-7-14(17)22-12/h2-8H,9H2,1H3,(H,18,21)/b13-8+. The van der Waals surface area contributed by atoms with Gasteiger partial charge in [-0.05, 0) is 30.7 Å². The maximum absolute atomic E-state index is 12.3. The van der Waals surface area contributed by atoms with Crippen LogP contribution in [0.15, 0.2) is 42.1 Å². The van der Waals surface area contributed by atoms with Crippen molar-refractivity contribution in [1.82, 2.24) is 10.2 Å². The molecule has 0 spiro atoms. The lowest BCUT2D eigenvalue weighted by Gasteiger charge is -2.11. The van der Waals surface area contributed by atoms with E-state index in [0.717, 1.165) is 16.0 Å². The summed E-state index contributed by atoms with van der Waals surface area (Å²) < 4.78 is 0.639. The number of thiophene rings is 1. The van der Waals surface area contributed by atoms with Crippen molar-refractivity contribution >= 4 is 41.0 Å². The van der Waals surface area contributed by atoms with Crippen molar-refractivity contribution in [3.8, 4) is 0 Å². The summed E-state index contributed by atoms with van der Waals surface area (Å²) in [7, 11) is 0. The lowest BCUT2D eigenvalue weighted by molar-refractivity contribution is -0.123. The van der Waals surface area contributed by atoms with Crippen molar-refractivity contribution in [1.29, 1.82) is 0 Å². The molecule has 1 aliphatic rings. The SMILES string of the molecule is Cc1ccc(CN2C(=O)N/C(=C/c3ccc(Cl)s3)C2=O)cc1. The Kier molecular flexibility index (Phi) is 4.00. The third kappa shape index (κ3) is 3.05. The Morgan fingerprint density at radius 1 is 1.18 bits per heavy atom. The topological polar surface area (TPSA) is 49.4 Å². The zero-order valence-corrected chi connectivity index (χ0v) is 13.4. The second-order valence-corrected chi connectivity index (χ2v) is 6.75. The van der Waals surface area contributed by atoms with Crippen LogP contribution in [0.4, 0.5) is 4.79 Å². The Labute approximate surface area is 137 Å². The van der Waals surface area contributed by atoms with Gasteiger partial charge in [0.15, 0.2) is 0 Å². The van der Waals surface area contributed by atoms with E-state index in [1.807, 2.05) is 37.3 Å². The summed E-state index contributed by atoms with van der Waals surface area (Å²) in [5, 5.41) is 2.61. The van der Waals surface area contributed by atoms with Gasteiger partial charge in [0.2, 0.25) is 0 Å². The summed E-state index contributed by atoms with van der Waals surface area (Å²) in [6.07, 6.45) is 1.64. The predicted octanol–water partition coefficient (Wildman–Crippen LogP) is 3.80. The van der Waals surface area contributed by atoms with Crippen LogP contribution in [0.5, 0.6) is 0 Å². The molecule has 1 aliphatic heterocycles. The van der Waals surface area contributed by atoms with Crippen LogP contribution >= 0.6 is 22.9 Å². The first-order valence-corrected chi connectivity index (χ1v) is 7.88. The van der Waals surface area contributed by atoms with Crippen LogP contribution in [0.25, 0.3) is 6.08 Å².